The van der Waals surface area contributed by atoms with Crippen LogP contribution in [-0.4, -0.2) is 18.9 Å². The average Bonchev–Trinajstić information content (AvgIpc) is 3.45. The van der Waals surface area contributed by atoms with Gasteiger partial charge in [0.1, 0.15) is 0 Å². The van der Waals surface area contributed by atoms with Crippen LogP contribution in [0.5, 0.6) is 0 Å². The molecule has 4 nitrogen and oxygen atoms in total. The van der Waals surface area contributed by atoms with Crippen LogP contribution < -0.4 is 10.2 Å². The standard InChI is InChI=1S/C19H20N2O2/c1-21(17-5-3-2-4-6-17)19(23)16-9-7-14(8-10-16)13-20-18(22)15-11-12-15/h2-10,15H,11-13H2,1H3,(H,20,22). The molecule has 0 aliphatic heterocycles. The summed E-state index contributed by atoms with van der Waals surface area (Å²) in [6.07, 6.45) is 2.01. The summed E-state index contributed by atoms with van der Waals surface area (Å²) >= 11 is 0. The molecule has 0 bridgehead atoms. The van der Waals surface area contributed by atoms with Gasteiger partial charge >= 0.3 is 0 Å². The van der Waals surface area contributed by atoms with Crippen LogP contribution in [0.1, 0.15) is 28.8 Å². The SMILES string of the molecule is CN(C(=O)c1ccc(CNC(=O)C2CC2)cc1)c1ccccc1. The van der Waals surface area contributed by atoms with E-state index in [1.807, 2.05) is 42.5 Å². The summed E-state index contributed by atoms with van der Waals surface area (Å²) in [7, 11) is 1.77. The van der Waals surface area contributed by atoms with Gasteiger partial charge in [0.25, 0.3) is 5.91 Å². The minimum Gasteiger partial charge on any atom is -0.352 e. The summed E-state index contributed by atoms with van der Waals surface area (Å²) in [5.74, 6) is 0.300. The van der Waals surface area contributed by atoms with E-state index >= 15 is 0 Å². The first-order valence-corrected chi connectivity index (χ1v) is 7.85. The van der Waals surface area contributed by atoms with Crippen LogP contribution >= 0.6 is 0 Å². The van der Waals surface area contributed by atoms with Crippen LogP contribution in [-0.2, 0) is 11.3 Å². The van der Waals surface area contributed by atoms with Crippen molar-refractivity contribution in [3.8, 4) is 0 Å². The fourth-order valence-electron chi connectivity index (χ4n) is 2.41. The van der Waals surface area contributed by atoms with Crippen molar-refractivity contribution in [1.29, 1.82) is 0 Å². The summed E-state index contributed by atoms with van der Waals surface area (Å²) in [4.78, 5) is 25.7. The highest BCUT2D eigenvalue weighted by atomic mass is 16.2. The number of carbonyl (C=O) groups is 2. The van der Waals surface area contributed by atoms with Gasteiger partial charge in [-0.05, 0) is 42.7 Å². The zero-order valence-electron chi connectivity index (χ0n) is 13.2. The Balaban J connectivity index is 1.62. The summed E-state index contributed by atoms with van der Waals surface area (Å²) < 4.78 is 0. The second kappa shape index (κ2) is 6.65. The van der Waals surface area contributed by atoms with Crippen LogP contribution in [0.4, 0.5) is 5.69 Å². The minimum absolute atomic E-state index is 0.0511. The largest absolute Gasteiger partial charge is 0.352 e. The monoisotopic (exact) mass is 308 g/mol. The van der Waals surface area contributed by atoms with Gasteiger partial charge in [-0.15, -0.1) is 0 Å². The Bertz CT molecular complexity index is 691. The predicted molar refractivity (Wildman–Crippen MR) is 90.2 cm³/mol. The predicted octanol–water partition coefficient (Wildman–Crippen LogP) is 2.99. The van der Waals surface area contributed by atoms with E-state index in [4.69, 9.17) is 0 Å². The molecule has 1 aliphatic rings. The first kappa shape index (κ1) is 15.3. The van der Waals surface area contributed by atoms with Gasteiger partial charge in [-0.25, -0.2) is 0 Å². The third-order valence-corrected chi connectivity index (χ3v) is 4.06. The van der Waals surface area contributed by atoms with Gasteiger partial charge in [-0.2, -0.15) is 0 Å². The third kappa shape index (κ3) is 3.77. The molecule has 0 heterocycles. The molecule has 0 unspecified atom stereocenters. The molecule has 1 fully saturated rings. The van der Waals surface area contributed by atoms with Crippen molar-refractivity contribution >= 4 is 17.5 Å². The van der Waals surface area contributed by atoms with Crippen molar-refractivity contribution in [3.63, 3.8) is 0 Å². The Morgan fingerprint density at radius 1 is 1.04 bits per heavy atom. The van der Waals surface area contributed by atoms with Crippen molar-refractivity contribution in [2.75, 3.05) is 11.9 Å². The quantitative estimate of drug-likeness (QED) is 0.923. The van der Waals surface area contributed by atoms with Gasteiger partial charge in [-0.1, -0.05) is 30.3 Å². The molecule has 0 radical (unpaired) electrons. The number of carbonyl (C=O) groups excluding carboxylic acids is 2. The van der Waals surface area contributed by atoms with Gasteiger partial charge < -0.3 is 10.2 Å². The maximum absolute atomic E-state index is 12.5. The van der Waals surface area contributed by atoms with E-state index in [1.54, 1.807) is 24.1 Å². The molecule has 0 saturated heterocycles. The maximum Gasteiger partial charge on any atom is 0.258 e. The summed E-state index contributed by atoms with van der Waals surface area (Å²) in [5.41, 5.74) is 2.49. The molecular formula is C19H20N2O2. The van der Waals surface area contributed by atoms with E-state index < -0.39 is 0 Å². The highest BCUT2D eigenvalue weighted by Crippen LogP contribution is 2.28. The Labute approximate surface area is 136 Å². The van der Waals surface area contributed by atoms with E-state index in [0.717, 1.165) is 24.1 Å². The smallest absolute Gasteiger partial charge is 0.258 e. The molecule has 0 aromatic heterocycles. The highest BCUT2D eigenvalue weighted by molar-refractivity contribution is 6.05. The van der Waals surface area contributed by atoms with E-state index in [0.29, 0.717) is 12.1 Å². The van der Waals surface area contributed by atoms with E-state index in [9.17, 15) is 9.59 Å². The molecule has 4 heteroatoms. The molecule has 0 spiro atoms. The van der Waals surface area contributed by atoms with Gasteiger partial charge in [0.2, 0.25) is 5.91 Å². The Hall–Kier alpha value is -2.62. The molecule has 2 aromatic rings. The van der Waals surface area contributed by atoms with Crippen LogP contribution in [0.25, 0.3) is 0 Å². The number of rotatable bonds is 5. The second-order valence-electron chi connectivity index (χ2n) is 5.89. The number of hydrogen-bond acceptors (Lipinski definition) is 2. The molecule has 2 amide bonds. The fourth-order valence-corrected chi connectivity index (χ4v) is 2.41. The van der Waals surface area contributed by atoms with Crippen LogP contribution in [0.2, 0.25) is 0 Å². The number of nitrogens with zero attached hydrogens (tertiary/aromatic N) is 1. The lowest BCUT2D eigenvalue weighted by Crippen LogP contribution is -2.26. The lowest BCUT2D eigenvalue weighted by Gasteiger charge is -2.17. The normalized spacial score (nSPS) is 13.4. The number of amides is 2. The molecule has 1 saturated carbocycles. The van der Waals surface area contributed by atoms with Crippen molar-refractivity contribution in [3.05, 3.63) is 65.7 Å². The Kier molecular flexibility index (Phi) is 4.42. The van der Waals surface area contributed by atoms with E-state index in [2.05, 4.69) is 5.32 Å². The fraction of sp³-hybridized carbons (Fsp3) is 0.263. The zero-order chi connectivity index (χ0) is 16.2. The molecule has 0 atom stereocenters. The van der Waals surface area contributed by atoms with Crippen molar-refractivity contribution in [1.82, 2.24) is 5.32 Å². The van der Waals surface area contributed by atoms with Crippen molar-refractivity contribution < 1.29 is 9.59 Å². The summed E-state index contributed by atoms with van der Waals surface area (Å²) in [6, 6.07) is 16.9. The minimum atomic E-state index is -0.0511. The van der Waals surface area contributed by atoms with E-state index in [-0.39, 0.29) is 17.7 Å². The zero-order valence-corrected chi connectivity index (χ0v) is 13.2. The Morgan fingerprint density at radius 2 is 1.70 bits per heavy atom. The van der Waals surface area contributed by atoms with Crippen LogP contribution in [0, 0.1) is 5.92 Å². The lowest BCUT2D eigenvalue weighted by atomic mass is 10.1. The number of nitrogens with one attached hydrogen (secondary N) is 1. The van der Waals surface area contributed by atoms with Crippen molar-refractivity contribution in [2.24, 2.45) is 5.92 Å². The van der Waals surface area contributed by atoms with Gasteiger partial charge in [-0.3, -0.25) is 9.59 Å². The molecule has 3 rings (SSSR count). The summed E-state index contributed by atoms with van der Waals surface area (Å²) in [6.45, 7) is 0.512. The number of para-hydroxylation sites is 1. The average molecular weight is 308 g/mol. The molecule has 118 valence electrons. The van der Waals surface area contributed by atoms with Gasteiger partial charge in [0, 0.05) is 30.8 Å². The topological polar surface area (TPSA) is 49.4 Å². The van der Waals surface area contributed by atoms with E-state index in [1.165, 1.54) is 0 Å². The Morgan fingerprint density at radius 3 is 2.30 bits per heavy atom. The molecule has 2 aromatic carbocycles. The molecular weight excluding hydrogens is 288 g/mol. The lowest BCUT2D eigenvalue weighted by molar-refractivity contribution is -0.122. The van der Waals surface area contributed by atoms with Gasteiger partial charge in [0.15, 0.2) is 0 Å². The first-order chi connectivity index (χ1) is 11.1. The second-order valence-corrected chi connectivity index (χ2v) is 5.89. The molecule has 23 heavy (non-hydrogen) atoms. The molecule has 1 aliphatic carbocycles. The maximum atomic E-state index is 12.5. The number of anilines is 1. The first-order valence-electron chi connectivity index (χ1n) is 7.85. The number of benzene rings is 2. The molecule has 1 N–H and O–H groups in total. The summed E-state index contributed by atoms with van der Waals surface area (Å²) in [5, 5.41) is 2.92. The third-order valence-electron chi connectivity index (χ3n) is 4.06. The number of hydrogen-bond donors (Lipinski definition) is 1. The van der Waals surface area contributed by atoms with Crippen LogP contribution in [0.3, 0.4) is 0 Å². The van der Waals surface area contributed by atoms with Gasteiger partial charge in [0.05, 0.1) is 0 Å². The van der Waals surface area contributed by atoms with Crippen molar-refractivity contribution in [2.45, 2.75) is 19.4 Å². The highest BCUT2D eigenvalue weighted by Gasteiger charge is 2.29. The van der Waals surface area contributed by atoms with Crippen LogP contribution in [0.15, 0.2) is 54.6 Å².